The molecule has 0 spiro atoms. The highest BCUT2D eigenvalue weighted by Gasteiger charge is 2.07. The number of hydrogen-bond donors (Lipinski definition) is 1. The summed E-state index contributed by atoms with van der Waals surface area (Å²) in [6.45, 7) is 2.25. The van der Waals surface area contributed by atoms with Gasteiger partial charge in [-0.2, -0.15) is 0 Å². The van der Waals surface area contributed by atoms with E-state index in [9.17, 15) is 4.79 Å². The number of benzene rings is 2. The summed E-state index contributed by atoms with van der Waals surface area (Å²) in [4.78, 5) is 12.2. The van der Waals surface area contributed by atoms with E-state index in [2.05, 4.69) is 21.2 Å². The van der Waals surface area contributed by atoms with E-state index in [4.69, 9.17) is 20.4 Å². The Bertz CT molecular complexity index is 1240. The maximum Gasteiger partial charge on any atom is 0.244 e. The number of hydrogen-bond acceptors (Lipinski definition) is 3. The first kappa shape index (κ1) is 21.2. The van der Waals surface area contributed by atoms with Crippen molar-refractivity contribution in [2.75, 3.05) is 0 Å². The van der Waals surface area contributed by atoms with Gasteiger partial charge >= 0.3 is 0 Å². The van der Waals surface area contributed by atoms with E-state index < -0.39 is 0 Å². The van der Waals surface area contributed by atoms with Crippen molar-refractivity contribution in [1.29, 1.82) is 0 Å². The van der Waals surface area contributed by atoms with Crippen molar-refractivity contribution in [2.24, 2.45) is 0 Å². The first-order valence-electron chi connectivity index (χ1n) is 9.65. The lowest BCUT2D eigenvalue weighted by atomic mass is 10.1. The molecule has 2 heterocycles. The third-order valence-electron chi connectivity index (χ3n) is 4.71. The third-order valence-corrected chi connectivity index (χ3v) is 5.65. The largest absolute Gasteiger partial charge is 0.459 e. The number of furan rings is 2. The number of amides is 1. The Morgan fingerprint density at radius 3 is 2.45 bits per heavy atom. The standard InChI is InChI=1S/C25H19BrClNO3/c1-16-2-3-18(14-22(16)27)24-11-8-20(30-24)10-13-25(29)28-15-21-9-12-23(31-21)17-4-6-19(26)7-5-17/h2-14H,15H2,1H3,(H,28,29)/b13-10+. The molecule has 0 saturated heterocycles. The number of carbonyl (C=O) groups excluding carboxylic acids is 1. The molecule has 6 heteroatoms. The summed E-state index contributed by atoms with van der Waals surface area (Å²) in [6.07, 6.45) is 3.06. The molecule has 2 aromatic carbocycles. The van der Waals surface area contributed by atoms with Crippen LogP contribution in [0.3, 0.4) is 0 Å². The van der Waals surface area contributed by atoms with Crippen LogP contribution in [0.2, 0.25) is 5.02 Å². The van der Waals surface area contributed by atoms with E-state index in [-0.39, 0.29) is 5.91 Å². The SMILES string of the molecule is Cc1ccc(-c2ccc(/C=C/C(=O)NCc3ccc(-c4ccc(Br)cc4)o3)o2)cc1Cl. The zero-order chi connectivity index (χ0) is 21.8. The Labute approximate surface area is 193 Å². The molecule has 0 aliphatic rings. The molecule has 4 nitrogen and oxygen atoms in total. The van der Waals surface area contributed by atoms with Crippen LogP contribution < -0.4 is 5.32 Å². The summed E-state index contributed by atoms with van der Waals surface area (Å²) in [5.74, 6) is 2.47. The summed E-state index contributed by atoms with van der Waals surface area (Å²) >= 11 is 9.60. The normalized spacial score (nSPS) is 11.2. The zero-order valence-electron chi connectivity index (χ0n) is 16.7. The molecule has 0 bridgehead atoms. The molecule has 0 aliphatic carbocycles. The molecule has 0 unspecified atom stereocenters. The Kier molecular flexibility index (Phi) is 6.44. The maximum absolute atomic E-state index is 12.2. The average molecular weight is 497 g/mol. The second kappa shape index (κ2) is 9.41. The Morgan fingerprint density at radius 2 is 1.68 bits per heavy atom. The monoisotopic (exact) mass is 495 g/mol. The van der Waals surface area contributed by atoms with Crippen LogP contribution in [0.5, 0.6) is 0 Å². The summed E-state index contributed by atoms with van der Waals surface area (Å²) in [6, 6.07) is 21.0. The summed E-state index contributed by atoms with van der Waals surface area (Å²) in [7, 11) is 0. The van der Waals surface area contributed by atoms with Gasteiger partial charge in [0.05, 0.1) is 6.54 Å². The molecule has 31 heavy (non-hydrogen) atoms. The van der Waals surface area contributed by atoms with Crippen molar-refractivity contribution in [3.8, 4) is 22.6 Å². The van der Waals surface area contributed by atoms with Gasteiger partial charge in [0.1, 0.15) is 23.0 Å². The Balaban J connectivity index is 1.33. The van der Waals surface area contributed by atoms with Crippen molar-refractivity contribution in [3.05, 3.63) is 99.4 Å². The molecule has 0 radical (unpaired) electrons. The molecule has 1 amide bonds. The number of nitrogens with one attached hydrogen (secondary N) is 1. The minimum Gasteiger partial charge on any atom is -0.459 e. The second-order valence-corrected chi connectivity index (χ2v) is 8.31. The number of halogens is 2. The number of carbonyl (C=O) groups is 1. The molecule has 2 aromatic heterocycles. The van der Waals surface area contributed by atoms with E-state index >= 15 is 0 Å². The van der Waals surface area contributed by atoms with Crippen LogP contribution in [0, 0.1) is 6.92 Å². The molecule has 4 aromatic rings. The molecule has 4 rings (SSSR count). The highest BCUT2D eigenvalue weighted by atomic mass is 79.9. The third kappa shape index (κ3) is 5.37. The van der Waals surface area contributed by atoms with Crippen LogP contribution in [0.25, 0.3) is 28.7 Å². The van der Waals surface area contributed by atoms with Crippen LogP contribution in [0.1, 0.15) is 17.1 Å². The predicted molar refractivity (Wildman–Crippen MR) is 127 cm³/mol. The van der Waals surface area contributed by atoms with Gasteiger partial charge in [-0.15, -0.1) is 0 Å². The quantitative estimate of drug-likeness (QED) is 0.286. The van der Waals surface area contributed by atoms with Crippen molar-refractivity contribution < 1.29 is 13.6 Å². The number of rotatable bonds is 6. The lowest BCUT2D eigenvalue weighted by molar-refractivity contribution is -0.116. The van der Waals surface area contributed by atoms with Gasteiger partial charge in [-0.3, -0.25) is 4.79 Å². The highest BCUT2D eigenvalue weighted by Crippen LogP contribution is 2.27. The van der Waals surface area contributed by atoms with Gasteiger partial charge in [0.25, 0.3) is 0 Å². The highest BCUT2D eigenvalue weighted by molar-refractivity contribution is 9.10. The molecular formula is C25H19BrClNO3. The molecule has 0 saturated carbocycles. The average Bonchev–Trinajstić information content (AvgIpc) is 3.43. The van der Waals surface area contributed by atoms with Crippen LogP contribution in [-0.4, -0.2) is 5.91 Å². The van der Waals surface area contributed by atoms with E-state index in [1.165, 1.54) is 6.08 Å². The molecule has 0 fully saturated rings. The summed E-state index contributed by atoms with van der Waals surface area (Å²) in [5.41, 5.74) is 2.87. The first-order valence-corrected chi connectivity index (χ1v) is 10.8. The summed E-state index contributed by atoms with van der Waals surface area (Å²) in [5, 5.41) is 3.50. The van der Waals surface area contributed by atoms with E-state index in [1.54, 1.807) is 6.08 Å². The lowest BCUT2D eigenvalue weighted by Gasteiger charge is -2.01. The predicted octanol–water partition coefficient (Wildman–Crippen LogP) is 7.26. The van der Waals surface area contributed by atoms with Gasteiger partial charge in [0.2, 0.25) is 5.91 Å². The van der Waals surface area contributed by atoms with Crippen molar-refractivity contribution >= 4 is 39.5 Å². The molecule has 1 N–H and O–H groups in total. The van der Waals surface area contributed by atoms with E-state index in [0.29, 0.717) is 28.8 Å². The molecular weight excluding hydrogens is 478 g/mol. The Morgan fingerprint density at radius 1 is 0.968 bits per heavy atom. The maximum atomic E-state index is 12.2. The van der Waals surface area contributed by atoms with Gasteiger partial charge in [-0.1, -0.05) is 51.8 Å². The van der Waals surface area contributed by atoms with Crippen molar-refractivity contribution in [1.82, 2.24) is 5.32 Å². The topological polar surface area (TPSA) is 55.4 Å². The molecule has 156 valence electrons. The lowest BCUT2D eigenvalue weighted by Crippen LogP contribution is -2.19. The molecule has 0 atom stereocenters. The number of aryl methyl sites for hydroxylation is 1. The fourth-order valence-electron chi connectivity index (χ4n) is 2.98. The van der Waals surface area contributed by atoms with Crippen LogP contribution >= 0.6 is 27.5 Å². The van der Waals surface area contributed by atoms with Crippen LogP contribution in [0.4, 0.5) is 0 Å². The molecule has 0 aliphatic heterocycles. The second-order valence-electron chi connectivity index (χ2n) is 6.99. The van der Waals surface area contributed by atoms with E-state index in [1.807, 2.05) is 73.7 Å². The zero-order valence-corrected chi connectivity index (χ0v) is 19.0. The van der Waals surface area contributed by atoms with Crippen molar-refractivity contribution in [2.45, 2.75) is 13.5 Å². The minimum absolute atomic E-state index is 0.238. The van der Waals surface area contributed by atoms with Gasteiger partial charge < -0.3 is 14.2 Å². The van der Waals surface area contributed by atoms with Crippen molar-refractivity contribution in [3.63, 3.8) is 0 Å². The smallest absolute Gasteiger partial charge is 0.244 e. The van der Waals surface area contributed by atoms with Crippen LogP contribution in [0.15, 0.2) is 86.1 Å². The fourth-order valence-corrected chi connectivity index (χ4v) is 3.42. The minimum atomic E-state index is -0.238. The van der Waals surface area contributed by atoms with Gasteiger partial charge in [0, 0.05) is 26.7 Å². The fraction of sp³-hybridized carbons (Fsp3) is 0.0800. The van der Waals surface area contributed by atoms with Gasteiger partial charge in [0.15, 0.2) is 0 Å². The summed E-state index contributed by atoms with van der Waals surface area (Å²) < 4.78 is 12.6. The first-order chi connectivity index (χ1) is 15.0. The van der Waals surface area contributed by atoms with Gasteiger partial charge in [-0.25, -0.2) is 0 Å². The van der Waals surface area contributed by atoms with Crippen LogP contribution in [-0.2, 0) is 11.3 Å². The Hall–Kier alpha value is -3.02. The van der Waals surface area contributed by atoms with Gasteiger partial charge in [-0.05, 0) is 61.0 Å². The van der Waals surface area contributed by atoms with E-state index in [0.717, 1.165) is 26.9 Å².